The summed E-state index contributed by atoms with van der Waals surface area (Å²) < 4.78 is 0. The Morgan fingerprint density at radius 2 is 2.28 bits per heavy atom. The highest BCUT2D eigenvalue weighted by Gasteiger charge is 2.30. The number of benzene rings is 1. The van der Waals surface area contributed by atoms with Gasteiger partial charge in [-0.25, -0.2) is 9.86 Å². The third-order valence-corrected chi connectivity index (χ3v) is 5.00. The van der Waals surface area contributed by atoms with Crippen molar-refractivity contribution in [1.29, 1.82) is 0 Å². The number of nitrogens with two attached hydrogens (primary N) is 1. The lowest BCUT2D eigenvalue weighted by Crippen LogP contribution is -2.39. The first-order valence-corrected chi connectivity index (χ1v) is 8.67. The lowest BCUT2D eigenvalue weighted by Gasteiger charge is -2.36. The van der Waals surface area contributed by atoms with E-state index in [1.807, 2.05) is 0 Å². The molecule has 134 valence electrons. The zero-order chi connectivity index (χ0) is 18.0. The Balaban J connectivity index is 0.000000197. The molecule has 1 aliphatic heterocycles. The van der Waals surface area contributed by atoms with E-state index in [0.717, 1.165) is 11.5 Å². The molecule has 6 heteroatoms. The van der Waals surface area contributed by atoms with Gasteiger partial charge in [0.15, 0.2) is 0 Å². The Kier molecular flexibility index (Phi) is 5.11. The van der Waals surface area contributed by atoms with Crippen molar-refractivity contribution in [3.8, 4) is 0 Å². The zero-order valence-electron chi connectivity index (χ0n) is 15.1. The number of carbonyl (C=O) groups is 1. The van der Waals surface area contributed by atoms with Crippen LogP contribution < -0.4 is 5.73 Å². The number of rotatable bonds is 2. The monoisotopic (exact) mass is 342 g/mol. The minimum Gasteiger partial charge on any atom is -0.361 e. The van der Waals surface area contributed by atoms with Gasteiger partial charge in [-0.2, -0.15) is 0 Å². The van der Waals surface area contributed by atoms with Gasteiger partial charge in [-0.1, -0.05) is 18.2 Å². The quantitative estimate of drug-likeness (QED) is 0.824. The summed E-state index contributed by atoms with van der Waals surface area (Å²) in [7, 11) is 3.64. The number of nitrogens with zero attached hydrogens (tertiary/aromatic N) is 2. The van der Waals surface area contributed by atoms with Crippen molar-refractivity contribution < 1.29 is 9.63 Å². The molecule has 1 unspecified atom stereocenters. The molecule has 6 nitrogen and oxygen atoms in total. The van der Waals surface area contributed by atoms with Gasteiger partial charge < -0.3 is 10.7 Å². The van der Waals surface area contributed by atoms with E-state index in [-0.39, 0.29) is 0 Å². The summed E-state index contributed by atoms with van der Waals surface area (Å²) in [6.45, 7) is 3.43. The largest absolute Gasteiger partial charge is 0.361 e. The number of primary amides is 1. The fraction of sp³-hybridized carbons (Fsp3) is 0.421. The number of carbonyl (C=O) groups excluding carboxylic acids is 1. The maximum Gasteiger partial charge on any atom is 0.338 e. The summed E-state index contributed by atoms with van der Waals surface area (Å²) in [6, 6.07) is 6.63. The Hall–Kier alpha value is -2.31. The fourth-order valence-electron chi connectivity index (χ4n) is 3.75. The summed E-state index contributed by atoms with van der Waals surface area (Å²) in [4.78, 5) is 20.6. The smallest absolute Gasteiger partial charge is 0.338 e. The number of likely N-dealkylation sites (N-methyl/N-ethyl adjacent to an activating group) is 1. The van der Waals surface area contributed by atoms with E-state index in [1.54, 1.807) is 6.92 Å². The molecule has 0 saturated heterocycles. The fourth-order valence-corrected chi connectivity index (χ4v) is 3.75. The second-order valence-corrected chi connectivity index (χ2v) is 6.41. The predicted molar refractivity (Wildman–Crippen MR) is 100.0 cm³/mol. The Morgan fingerprint density at radius 3 is 2.92 bits per heavy atom. The average molecular weight is 342 g/mol. The van der Waals surface area contributed by atoms with Gasteiger partial charge in [0.05, 0.1) is 7.11 Å². The van der Waals surface area contributed by atoms with Gasteiger partial charge in [-0.15, -0.1) is 0 Å². The first kappa shape index (κ1) is 17.5. The van der Waals surface area contributed by atoms with Crippen LogP contribution in [0.4, 0.5) is 4.79 Å². The molecule has 0 radical (unpaired) electrons. The van der Waals surface area contributed by atoms with Crippen molar-refractivity contribution in [3.63, 3.8) is 0 Å². The number of aromatic amines is 1. The van der Waals surface area contributed by atoms with E-state index >= 15 is 0 Å². The summed E-state index contributed by atoms with van der Waals surface area (Å²) in [5.74, 6) is 0. The number of nitrogens with one attached hydrogen (secondary N) is 1. The average Bonchev–Trinajstić information content (AvgIpc) is 3.02. The highest BCUT2D eigenvalue weighted by molar-refractivity contribution is 5.98. The number of aromatic nitrogens is 1. The molecule has 1 atom stereocenters. The van der Waals surface area contributed by atoms with Crippen LogP contribution >= 0.6 is 0 Å². The van der Waals surface area contributed by atoms with Gasteiger partial charge in [0.1, 0.15) is 0 Å². The van der Waals surface area contributed by atoms with Gasteiger partial charge in [-0.3, -0.25) is 9.74 Å². The molecule has 3 N–H and O–H groups in total. The van der Waals surface area contributed by atoms with Crippen LogP contribution in [0.5, 0.6) is 0 Å². The van der Waals surface area contributed by atoms with Crippen molar-refractivity contribution in [2.24, 2.45) is 5.73 Å². The van der Waals surface area contributed by atoms with Crippen LogP contribution in [-0.2, 0) is 11.3 Å². The molecular weight excluding hydrogens is 316 g/mol. The molecule has 1 aliphatic carbocycles. The standard InChI is InChI=1S/C15H16N2.C4H10N2O2/c1-17-7-3-5-11-12-4-2-6-13-15(12)10(9-16-13)8-14(11)17;1-3-6(8-2)4(5)7/h2,4-6,9,14,16H,3,7-8H2,1H3;3H2,1-2H3,(H2,5,7). The lowest BCUT2D eigenvalue weighted by atomic mass is 9.82. The molecule has 2 heterocycles. The number of fused-ring (bicyclic) bond motifs is 2. The summed E-state index contributed by atoms with van der Waals surface area (Å²) in [6.07, 6.45) is 6.96. The van der Waals surface area contributed by atoms with Crippen LogP contribution in [-0.4, -0.2) is 54.3 Å². The number of amides is 2. The Morgan fingerprint density at radius 1 is 1.48 bits per heavy atom. The van der Waals surface area contributed by atoms with Crippen LogP contribution in [0.1, 0.15) is 24.5 Å². The maximum absolute atomic E-state index is 10.2. The Bertz CT molecular complexity index is 792. The molecular formula is C19H26N4O2. The molecule has 0 bridgehead atoms. The molecule has 1 aromatic heterocycles. The van der Waals surface area contributed by atoms with Crippen molar-refractivity contribution in [3.05, 3.63) is 41.6 Å². The molecule has 2 aliphatic rings. The molecule has 2 aromatic rings. The van der Waals surface area contributed by atoms with Crippen LogP contribution in [0.25, 0.3) is 16.5 Å². The number of hydrogen-bond acceptors (Lipinski definition) is 3. The summed E-state index contributed by atoms with van der Waals surface area (Å²) in [5.41, 5.74) is 10.6. The van der Waals surface area contributed by atoms with Gasteiger partial charge in [0.2, 0.25) is 0 Å². The van der Waals surface area contributed by atoms with E-state index in [4.69, 9.17) is 5.73 Å². The van der Waals surface area contributed by atoms with Gasteiger partial charge in [0.25, 0.3) is 0 Å². The van der Waals surface area contributed by atoms with E-state index in [1.165, 1.54) is 47.7 Å². The van der Waals surface area contributed by atoms with E-state index in [9.17, 15) is 4.79 Å². The van der Waals surface area contributed by atoms with Crippen molar-refractivity contribution in [2.75, 3.05) is 27.2 Å². The van der Waals surface area contributed by atoms with Gasteiger partial charge >= 0.3 is 6.03 Å². The topological polar surface area (TPSA) is 74.6 Å². The number of H-pyrrole nitrogens is 1. The first-order chi connectivity index (χ1) is 12.1. The highest BCUT2D eigenvalue weighted by atomic mass is 16.7. The Labute approximate surface area is 148 Å². The van der Waals surface area contributed by atoms with Crippen molar-refractivity contribution in [1.82, 2.24) is 14.9 Å². The zero-order valence-corrected chi connectivity index (χ0v) is 15.1. The third kappa shape index (κ3) is 3.27. The summed E-state index contributed by atoms with van der Waals surface area (Å²) >= 11 is 0. The van der Waals surface area contributed by atoms with Crippen LogP contribution in [0, 0.1) is 0 Å². The molecule has 0 spiro atoms. The van der Waals surface area contributed by atoms with Gasteiger partial charge in [0, 0.05) is 36.2 Å². The third-order valence-electron chi connectivity index (χ3n) is 5.00. The predicted octanol–water partition coefficient (Wildman–Crippen LogP) is 2.76. The minimum atomic E-state index is -0.560. The van der Waals surface area contributed by atoms with Crippen LogP contribution in [0.15, 0.2) is 30.5 Å². The minimum absolute atomic E-state index is 0.478. The lowest BCUT2D eigenvalue weighted by molar-refractivity contribution is -0.0792. The number of urea groups is 1. The second-order valence-electron chi connectivity index (χ2n) is 6.41. The molecule has 2 amide bonds. The van der Waals surface area contributed by atoms with Crippen LogP contribution in [0.2, 0.25) is 0 Å². The molecule has 25 heavy (non-hydrogen) atoms. The highest BCUT2D eigenvalue weighted by Crippen LogP contribution is 2.39. The van der Waals surface area contributed by atoms with Crippen molar-refractivity contribution in [2.45, 2.75) is 25.8 Å². The number of hydroxylamine groups is 2. The van der Waals surface area contributed by atoms with E-state index < -0.39 is 6.03 Å². The van der Waals surface area contributed by atoms with E-state index in [0.29, 0.717) is 12.6 Å². The maximum atomic E-state index is 10.2. The molecule has 4 rings (SSSR count). The normalized spacial score (nSPS) is 18.8. The number of hydrogen-bond donors (Lipinski definition) is 2. The molecule has 1 aromatic carbocycles. The van der Waals surface area contributed by atoms with Crippen molar-refractivity contribution >= 4 is 22.5 Å². The SMILES string of the molecule is CCN(OC)C(N)=O.CN1CCC=C2c3cccc4[nH]cc(c34)CC21. The first-order valence-electron chi connectivity index (χ1n) is 8.67. The summed E-state index contributed by atoms with van der Waals surface area (Å²) in [5, 5.41) is 2.50. The molecule has 0 fully saturated rings. The van der Waals surface area contributed by atoms with Gasteiger partial charge in [-0.05, 0) is 49.6 Å². The second kappa shape index (κ2) is 7.29. The molecule has 0 saturated carbocycles. The van der Waals surface area contributed by atoms with E-state index in [2.05, 4.69) is 52.2 Å². The van der Waals surface area contributed by atoms with Crippen LogP contribution in [0.3, 0.4) is 0 Å².